The van der Waals surface area contributed by atoms with E-state index in [9.17, 15) is 0 Å². The molecule has 0 amide bonds. The summed E-state index contributed by atoms with van der Waals surface area (Å²) in [7, 11) is 0. The van der Waals surface area contributed by atoms with Gasteiger partial charge in [-0.3, -0.25) is 9.99 Å². The standard InChI is InChI=1S/C11H12N8O/c12-18-10-15-9(14-5-8-1-4-20-6-8)16-11(17-10)19-3-2-13-7-19/h1-4,6-7H,5,12H2,(H2,14,15,16,17,18). The van der Waals surface area contributed by atoms with Gasteiger partial charge >= 0.3 is 0 Å². The maximum absolute atomic E-state index is 5.36. The number of hydrazine groups is 1. The lowest BCUT2D eigenvalue weighted by molar-refractivity contribution is 0.564. The highest BCUT2D eigenvalue weighted by Crippen LogP contribution is 2.10. The maximum atomic E-state index is 5.36. The number of nitrogens with one attached hydrogen (secondary N) is 2. The Kier molecular flexibility index (Phi) is 3.25. The second-order valence-corrected chi connectivity index (χ2v) is 3.88. The number of rotatable bonds is 5. The van der Waals surface area contributed by atoms with E-state index in [0.29, 0.717) is 18.4 Å². The van der Waals surface area contributed by atoms with E-state index in [-0.39, 0.29) is 5.95 Å². The Morgan fingerprint density at radius 3 is 2.85 bits per heavy atom. The fourth-order valence-electron chi connectivity index (χ4n) is 1.58. The largest absolute Gasteiger partial charge is 0.472 e. The number of nitrogens with zero attached hydrogens (tertiary/aromatic N) is 5. The molecule has 20 heavy (non-hydrogen) atoms. The van der Waals surface area contributed by atoms with Gasteiger partial charge in [-0.15, -0.1) is 0 Å². The van der Waals surface area contributed by atoms with Crippen molar-refractivity contribution in [3.05, 3.63) is 42.9 Å². The molecule has 0 aliphatic rings. The molecular formula is C11H12N8O. The van der Waals surface area contributed by atoms with Gasteiger partial charge in [0.2, 0.25) is 17.8 Å². The van der Waals surface area contributed by atoms with Gasteiger partial charge in [0.05, 0.1) is 12.5 Å². The van der Waals surface area contributed by atoms with E-state index in [1.807, 2.05) is 6.07 Å². The highest BCUT2D eigenvalue weighted by molar-refractivity contribution is 5.37. The lowest BCUT2D eigenvalue weighted by atomic mass is 10.3. The monoisotopic (exact) mass is 272 g/mol. The normalized spacial score (nSPS) is 10.4. The Balaban J connectivity index is 1.84. The van der Waals surface area contributed by atoms with Crippen molar-refractivity contribution in [2.45, 2.75) is 6.54 Å². The van der Waals surface area contributed by atoms with Crippen molar-refractivity contribution >= 4 is 11.9 Å². The molecule has 0 unspecified atom stereocenters. The van der Waals surface area contributed by atoms with Crippen molar-refractivity contribution in [2.75, 3.05) is 10.7 Å². The first kappa shape index (κ1) is 12.1. The van der Waals surface area contributed by atoms with Crippen molar-refractivity contribution in [2.24, 2.45) is 5.84 Å². The first-order chi connectivity index (χ1) is 9.85. The average Bonchev–Trinajstić information content (AvgIpc) is 3.17. The van der Waals surface area contributed by atoms with Gasteiger partial charge in [-0.05, 0) is 6.07 Å². The molecule has 102 valence electrons. The van der Waals surface area contributed by atoms with E-state index in [4.69, 9.17) is 10.3 Å². The van der Waals surface area contributed by atoms with Crippen LogP contribution in [-0.4, -0.2) is 24.5 Å². The van der Waals surface area contributed by atoms with Crippen LogP contribution < -0.4 is 16.6 Å². The molecule has 3 heterocycles. The summed E-state index contributed by atoms with van der Waals surface area (Å²) in [5.41, 5.74) is 3.39. The van der Waals surface area contributed by atoms with Crippen LogP contribution in [0.1, 0.15) is 5.56 Å². The van der Waals surface area contributed by atoms with Crippen LogP contribution in [-0.2, 0) is 6.54 Å². The van der Waals surface area contributed by atoms with E-state index in [1.165, 1.54) is 0 Å². The topological polar surface area (TPSA) is 120 Å². The lowest BCUT2D eigenvalue weighted by Crippen LogP contribution is -2.15. The summed E-state index contributed by atoms with van der Waals surface area (Å²) in [6, 6.07) is 1.85. The smallest absolute Gasteiger partial charge is 0.243 e. The molecule has 0 aliphatic heterocycles. The van der Waals surface area contributed by atoms with Crippen LogP contribution in [0.25, 0.3) is 5.95 Å². The Labute approximate surface area is 113 Å². The molecule has 3 rings (SSSR count). The van der Waals surface area contributed by atoms with Crippen LogP contribution in [0, 0.1) is 0 Å². The number of furan rings is 1. The third-order valence-corrected chi connectivity index (χ3v) is 2.52. The quantitative estimate of drug-likeness (QED) is 0.455. The highest BCUT2D eigenvalue weighted by atomic mass is 16.3. The highest BCUT2D eigenvalue weighted by Gasteiger charge is 2.07. The molecule has 3 aromatic heterocycles. The molecule has 9 heteroatoms. The van der Waals surface area contributed by atoms with Gasteiger partial charge in [0, 0.05) is 24.5 Å². The number of nitrogen functional groups attached to an aromatic ring is 1. The van der Waals surface area contributed by atoms with Crippen LogP contribution in [0.2, 0.25) is 0 Å². The summed E-state index contributed by atoms with van der Waals surface area (Å²) in [5.74, 6) is 6.44. The van der Waals surface area contributed by atoms with Gasteiger partial charge in [0.15, 0.2) is 0 Å². The summed E-state index contributed by atoms with van der Waals surface area (Å²) in [6.45, 7) is 0.536. The van der Waals surface area contributed by atoms with Crippen LogP contribution in [0.3, 0.4) is 0 Å². The molecule has 0 aliphatic carbocycles. The van der Waals surface area contributed by atoms with Gasteiger partial charge < -0.3 is 9.73 Å². The third kappa shape index (κ3) is 2.57. The van der Waals surface area contributed by atoms with Gasteiger partial charge in [0.25, 0.3) is 0 Å². The lowest BCUT2D eigenvalue weighted by Gasteiger charge is -2.07. The molecule has 0 saturated heterocycles. The average molecular weight is 272 g/mol. The van der Waals surface area contributed by atoms with Crippen molar-refractivity contribution < 1.29 is 4.42 Å². The zero-order chi connectivity index (χ0) is 13.8. The van der Waals surface area contributed by atoms with Gasteiger partial charge in [-0.1, -0.05) is 0 Å². The Hall–Kier alpha value is -2.94. The molecule has 0 aromatic carbocycles. The Morgan fingerprint density at radius 1 is 1.25 bits per heavy atom. The first-order valence-electron chi connectivity index (χ1n) is 5.81. The summed E-state index contributed by atoms with van der Waals surface area (Å²) in [4.78, 5) is 16.5. The minimum atomic E-state index is 0.262. The van der Waals surface area contributed by atoms with E-state index in [2.05, 4.69) is 30.7 Å². The maximum Gasteiger partial charge on any atom is 0.243 e. The number of hydrogen-bond donors (Lipinski definition) is 3. The van der Waals surface area contributed by atoms with Crippen LogP contribution in [0.5, 0.6) is 0 Å². The molecule has 4 N–H and O–H groups in total. The summed E-state index contributed by atoms with van der Waals surface area (Å²) >= 11 is 0. The molecule has 0 saturated carbocycles. The molecule has 0 radical (unpaired) electrons. The number of anilines is 2. The van der Waals surface area contributed by atoms with E-state index < -0.39 is 0 Å². The van der Waals surface area contributed by atoms with E-state index >= 15 is 0 Å². The van der Waals surface area contributed by atoms with Crippen molar-refractivity contribution in [3.8, 4) is 5.95 Å². The number of imidazole rings is 1. The zero-order valence-electron chi connectivity index (χ0n) is 10.4. The molecule has 0 spiro atoms. The van der Waals surface area contributed by atoms with Crippen molar-refractivity contribution in [1.29, 1.82) is 0 Å². The van der Waals surface area contributed by atoms with E-state index in [1.54, 1.807) is 35.8 Å². The fraction of sp³-hybridized carbons (Fsp3) is 0.0909. The summed E-state index contributed by atoms with van der Waals surface area (Å²) in [5, 5.41) is 3.07. The number of hydrogen-bond acceptors (Lipinski definition) is 8. The predicted molar refractivity (Wildman–Crippen MR) is 70.8 cm³/mol. The fourth-order valence-corrected chi connectivity index (χ4v) is 1.58. The molecule has 0 fully saturated rings. The molecule has 3 aromatic rings. The molecule has 0 atom stereocenters. The van der Waals surface area contributed by atoms with Gasteiger partial charge in [-0.2, -0.15) is 15.0 Å². The first-order valence-corrected chi connectivity index (χ1v) is 5.81. The molecule has 0 bridgehead atoms. The molecular weight excluding hydrogens is 260 g/mol. The summed E-state index contributed by atoms with van der Waals surface area (Å²) < 4.78 is 6.65. The van der Waals surface area contributed by atoms with Crippen molar-refractivity contribution in [1.82, 2.24) is 24.5 Å². The van der Waals surface area contributed by atoms with Crippen LogP contribution in [0.4, 0.5) is 11.9 Å². The minimum Gasteiger partial charge on any atom is -0.472 e. The van der Waals surface area contributed by atoms with E-state index in [0.717, 1.165) is 5.56 Å². The molecule has 9 nitrogen and oxygen atoms in total. The van der Waals surface area contributed by atoms with Gasteiger partial charge in [0.1, 0.15) is 6.33 Å². The Bertz CT molecular complexity index is 664. The Morgan fingerprint density at radius 2 is 2.15 bits per heavy atom. The van der Waals surface area contributed by atoms with Crippen LogP contribution in [0.15, 0.2) is 41.7 Å². The number of nitrogens with two attached hydrogens (primary N) is 1. The zero-order valence-corrected chi connectivity index (χ0v) is 10.4. The summed E-state index contributed by atoms with van der Waals surface area (Å²) in [6.07, 6.45) is 8.21. The van der Waals surface area contributed by atoms with Gasteiger partial charge in [-0.25, -0.2) is 10.8 Å². The predicted octanol–water partition coefficient (Wildman–Crippen LogP) is 0.548. The minimum absolute atomic E-state index is 0.262. The SMILES string of the molecule is NNc1nc(NCc2ccoc2)nc(-n2ccnc2)n1. The second-order valence-electron chi connectivity index (χ2n) is 3.88. The second kappa shape index (κ2) is 5.36. The third-order valence-electron chi connectivity index (χ3n) is 2.52. The van der Waals surface area contributed by atoms with Crippen molar-refractivity contribution in [3.63, 3.8) is 0 Å². The number of aromatic nitrogens is 5. The van der Waals surface area contributed by atoms with Crippen LogP contribution >= 0.6 is 0 Å².